The number of halogens is 1. The molecule has 1 saturated heterocycles. The minimum atomic E-state index is -1.31. The zero-order valence-corrected chi connectivity index (χ0v) is 22.3. The molecule has 5 nitrogen and oxygen atoms in total. The van der Waals surface area contributed by atoms with Gasteiger partial charge in [-0.15, -0.1) is 0 Å². The lowest BCUT2D eigenvalue weighted by atomic mass is 9.64. The number of Topliss-reactive ketones (excluding diaryl/α,β-unsaturated/α-hetero) is 2. The second kappa shape index (κ2) is 8.89. The summed E-state index contributed by atoms with van der Waals surface area (Å²) in [5, 5.41) is 3.06. The normalized spacial score (nSPS) is 24.2. The van der Waals surface area contributed by atoms with Crippen LogP contribution >= 0.6 is 15.9 Å². The van der Waals surface area contributed by atoms with Crippen LogP contribution in [0.3, 0.4) is 0 Å². The second-order valence-electron chi connectivity index (χ2n) is 10.2. The molecule has 190 valence electrons. The van der Waals surface area contributed by atoms with Crippen LogP contribution in [0.25, 0.3) is 6.08 Å². The fraction of sp³-hybridized carbons (Fsp3) is 0.121. The first-order valence-corrected chi connectivity index (χ1v) is 13.7. The van der Waals surface area contributed by atoms with E-state index in [4.69, 9.17) is 0 Å². The predicted molar refractivity (Wildman–Crippen MR) is 155 cm³/mol. The molecule has 1 N–H and O–H groups in total. The Morgan fingerprint density at radius 1 is 0.769 bits per heavy atom. The van der Waals surface area contributed by atoms with Crippen LogP contribution in [0.15, 0.2) is 114 Å². The highest BCUT2D eigenvalue weighted by Gasteiger charge is 2.70. The van der Waals surface area contributed by atoms with Crippen LogP contribution in [-0.2, 0) is 10.2 Å². The van der Waals surface area contributed by atoms with Crippen molar-refractivity contribution in [1.29, 1.82) is 0 Å². The van der Waals surface area contributed by atoms with Gasteiger partial charge >= 0.3 is 0 Å². The van der Waals surface area contributed by atoms with Crippen molar-refractivity contribution < 1.29 is 14.4 Å². The molecular weight excluding hydrogens is 552 g/mol. The average molecular weight is 575 g/mol. The Balaban J connectivity index is 1.54. The Morgan fingerprint density at radius 2 is 1.44 bits per heavy atom. The second-order valence-corrected chi connectivity index (χ2v) is 11.1. The number of nitrogens with one attached hydrogen (secondary N) is 1. The fourth-order valence-corrected chi connectivity index (χ4v) is 6.95. The number of hydrogen-bond donors (Lipinski definition) is 1. The summed E-state index contributed by atoms with van der Waals surface area (Å²) in [5.74, 6) is -1.66. The van der Waals surface area contributed by atoms with Crippen molar-refractivity contribution in [1.82, 2.24) is 0 Å². The van der Waals surface area contributed by atoms with Crippen molar-refractivity contribution in [2.45, 2.75) is 17.5 Å². The van der Waals surface area contributed by atoms with Gasteiger partial charge in [0.15, 0.2) is 11.6 Å². The SMILES string of the molecule is O=C(c1ccc(Br)cc1)[C@@H]1[C@H](C(=O)c2ccccc2)N2c3ccccc3C=C[C@@H]2[C@@]12C(=O)Nc1ccccc12. The summed E-state index contributed by atoms with van der Waals surface area (Å²) in [5.41, 5.74) is 2.86. The standard InChI is InChI=1S/C33H23BrN2O3/c34-23-17-14-22(15-18-23)30(37)28-29(31(38)21-9-2-1-3-10-21)36-26-13-7-4-8-20(26)16-19-27(36)33(28)24-11-5-6-12-25(24)35-32(33)39/h1-19,27-29H,(H,35,39)/t27-,28+,29-,33-/m1/s1. The van der Waals surface area contributed by atoms with Crippen molar-refractivity contribution in [2.24, 2.45) is 5.92 Å². The van der Waals surface area contributed by atoms with E-state index in [0.717, 1.165) is 21.3 Å². The van der Waals surface area contributed by atoms with Gasteiger partial charge in [0.25, 0.3) is 0 Å². The maximum absolute atomic E-state index is 14.7. The van der Waals surface area contributed by atoms with Crippen LogP contribution in [0.1, 0.15) is 31.8 Å². The third kappa shape index (κ3) is 3.34. The molecule has 4 atom stereocenters. The molecule has 0 bridgehead atoms. The third-order valence-electron chi connectivity index (χ3n) is 8.28. The molecule has 1 fully saturated rings. The first-order chi connectivity index (χ1) is 19.0. The van der Waals surface area contributed by atoms with Gasteiger partial charge in [-0.2, -0.15) is 0 Å². The summed E-state index contributed by atoms with van der Waals surface area (Å²) in [6.45, 7) is 0. The molecule has 1 spiro atoms. The summed E-state index contributed by atoms with van der Waals surface area (Å²) < 4.78 is 0.843. The molecule has 39 heavy (non-hydrogen) atoms. The van der Waals surface area contributed by atoms with E-state index in [0.29, 0.717) is 16.8 Å². The molecule has 4 aromatic carbocycles. The average Bonchev–Trinajstić information content (AvgIpc) is 3.45. The summed E-state index contributed by atoms with van der Waals surface area (Å²) in [6.07, 6.45) is 3.99. The van der Waals surface area contributed by atoms with Crippen molar-refractivity contribution in [3.8, 4) is 0 Å². The largest absolute Gasteiger partial charge is 0.352 e. The number of benzene rings is 4. The number of fused-ring (bicyclic) bond motifs is 6. The minimum Gasteiger partial charge on any atom is -0.352 e. The number of hydrogen-bond acceptors (Lipinski definition) is 4. The molecule has 7 rings (SSSR count). The van der Waals surface area contributed by atoms with E-state index in [9.17, 15) is 14.4 Å². The van der Waals surface area contributed by atoms with Gasteiger partial charge in [-0.1, -0.05) is 107 Å². The molecule has 0 radical (unpaired) electrons. The Bertz CT molecular complexity index is 1680. The lowest BCUT2D eigenvalue weighted by Gasteiger charge is -2.37. The van der Waals surface area contributed by atoms with E-state index in [1.807, 2.05) is 95.9 Å². The third-order valence-corrected chi connectivity index (χ3v) is 8.81. The predicted octanol–water partition coefficient (Wildman–Crippen LogP) is 6.31. The molecule has 0 aliphatic carbocycles. The van der Waals surface area contributed by atoms with Crippen LogP contribution in [-0.4, -0.2) is 29.6 Å². The number of nitrogens with zero attached hydrogens (tertiary/aromatic N) is 1. The molecule has 0 aromatic heterocycles. The monoisotopic (exact) mass is 574 g/mol. The van der Waals surface area contributed by atoms with Crippen LogP contribution in [0.2, 0.25) is 0 Å². The smallest absolute Gasteiger partial charge is 0.238 e. The lowest BCUT2D eigenvalue weighted by Crippen LogP contribution is -2.51. The number of ketones is 2. The van der Waals surface area contributed by atoms with Gasteiger partial charge in [-0.3, -0.25) is 14.4 Å². The molecule has 3 aliphatic rings. The van der Waals surface area contributed by atoms with Crippen LogP contribution in [0, 0.1) is 5.92 Å². The minimum absolute atomic E-state index is 0.185. The maximum atomic E-state index is 14.7. The first-order valence-electron chi connectivity index (χ1n) is 12.9. The van der Waals surface area contributed by atoms with Crippen molar-refractivity contribution >= 4 is 50.9 Å². The Hall–Kier alpha value is -4.29. The topological polar surface area (TPSA) is 66.5 Å². The molecular formula is C33H23BrN2O3. The van der Waals surface area contributed by atoms with Gasteiger partial charge in [0.05, 0.1) is 12.0 Å². The van der Waals surface area contributed by atoms with Gasteiger partial charge in [-0.25, -0.2) is 0 Å². The van der Waals surface area contributed by atoms with E-state index in [-0.39, 0.29) is 17.5 Å². The molecule has 3 heterocycles. The number of carbonyl (C=O) groups excluding carboxylic acids is 3. The zero-order valence-electron chi connectivity index (χ0n) is 20.8. The lowest BCUT2D eigenvalue weighted by molar-refractivity contribution is -0.121. The Labute approximate surface area is 234 Å². The van der Waals surface area contributed by atoms with Gasteiger partial charge in [0.1, 0.15) is 11.5 Å². The summed E-state index contributed by atoms with van der Waals surface area (Å²) >= 11 is 3.46. The molecule has 6 heteroatoms. The Morgan fingerprint density at radius 3 is 2.23 bits per heavy atom. The highest BCUT2D eigenvalue weighted by atomic mass is 79.9. The molecule has 0 unspecified atom stereocenters. The quantitative estimate of drug-likeness (QED) is 0.290. The number of amides is 1. The van der Waals surface area contributed by atoms with Crippen LogP contribution in [0.5, 0.6) is 0 Å². The van der Waals surface area contributed by atoms with E-state index in [2.05, 4.69) is 21.2 Å². The molecule has 3 aliphatic heterocycles. The van der Waals surface area contributed by atoms with E-state index in [1.165, 1.54) is 0 Å². The van der Waals surface area contributed by atoms with Crippen LogP contribution < -0.4 is 10.2 Å². The van der Waals surface area contributed by atoms with Crippen molar-refractivity contribution in [3.05, 3.63) is 136 Å². The van der Waals surface area contributed by atoms with Crippen molar-refractivity contribution in [2.75, 3.05) is 10.2 Å². The number of para-hydroxylation sites is 2. The Kier molecular flexibility index (Phi) is 5.42. The fourth-order valence-electron chi connectivity index (χ4n) is 6.69. The van der Waals surface area contributed by atoms with Gasteiger partial charge in [0, 0.05) is 27.0 Å². The summed E-state index contributed by atoms with van der Waals surface area (Å²) in [4.78, 5) is 45.5. The van der Waals surface area contributed by atoms with E-state index in [1.54, 1.807) is 24.3 Å². The van der Waals surface area contributed by atoms with Gasteiger partial charge in [0.2, 0.25) is 5.91 Å². The number of carbonyl (C=O) groups is 3. The number of anilines is 2. The highest BCUT2D eigenvalue weighted by molar-refractivity contribution is 9.10. The highest BCUT2D eigenvalue weighted by Crippen LogP contribution is 2.58. The van der Waals surface area contributed by atoms with E-state index < -0.39 is 23.4 Å². The van der Waals surface area contributed by atoms with E-state index >= 15 is 0 Å². The van der Waals surface area contributed by atoms with Crippen LogP contribution in [0.4, 0.5) is 11.4 Å². The van der Waals surface area contributed by atoms with Crippen molar-refractivity contribution in [3.63, 3.8) is 0 Å². The summed E-state index contributed by atoms with van der Waals surface area (Å²) in [6, 6.07) is 30.1. The molecule has 0 saturated carbocycles. The summed E-state index contributed by atoms with van der Waals surface area (Å²) in [7, 11) is 0. The molecule has 4 aromatic rings. The van der Waals surface area contributed by atoms with Gasteiger partial charge in [-0.05, 0) is 35.4 Å². The maximum Gasteiger partial charge on any atom is 0.238 e. The molecule has 1 amide bonds. The zero-order chi connectivity index (χ0) is 26.7. The first kappa shape index (κ1) is 23.8. The number of rotatable bonds is 4. The van der Waals surface area contributed by atoms with Gasteiger partial charge < -0.3 is 10.2 Å².